The summed E-state index contributed by atoms with van der Waals surface area (Å²) < 4.78 is 11.4. The van der Waals surface area contributed by atoms with Crippen molar-refractivity contribution in [3.8, 4) is 11.5 Å². The van der Waals surface area contributed by atoms with Crippen LogP contribution in [0.3, 0.4) is 0 Å². The highest BCUT2D eigenvalue weighted by Gasteiger charge is 2.34. The molecule has 0 spiro atoms. The maximum Gasteiger partial charge on any atom is 0.161 e. The van der Waals surface area contributed by atoms with Gasteiger partial charge in [0.2, 0.25) is 0 Å². The van der Waals surface area contributed by atoms with E-state index in [-0.39, 0.29) is 0 Å². The molecule has 0 bridgehead atoms. The van der Waals surface area contributed by atoms with Crippen LogP contribution in [0.5, 0.6) is 11.5 Å². The minimum Gasteiger partial charge on any atom is -0.490 e. The van der Waals surface area contributed by atoms with E-state index in [9.17, 15) is 5.11 Å². The van der Waals surface area contributed by atoms with Crippen molar-refractivity contribution < 1.29 is 14.6 Å². The Bertz CT molecular complexity index is 467. The molecule has 0 amide bonds. The van der Waals surface area contributed by atoms with E-state index in [2.05, 4.69) is 11.8 Å². The van der Waals surface area contributed by atoms with Crippen LogP contribution in [0.1, 0.15) is 31.7 Å². The topological polar surface area (TPSA) is 41.9 Å². The van der Waals surface area contributed by atoms with Crippen LogP contribution in [0.15, 0.2) is 18.2 Å². The van der Waals surface area contributed by atoms with E-state index >= 15 is 0 Å². The lowest BCUT2D eigenvalue weighted by Gasteiger charge is -2.38. The zero-order valence-corrected chi connectivity index (χ0v) is 12.1. The summed E-state index contributed by atoms with van der Waals surface area (Å²) in [7, 11) is 0. The summed E-state index contributed by atoms with van der Waals surface area (Å²) in [4.78, 5) is 2.37. The van der Waals surface area contributed by atoms with E-state index < -0.39 is 5.60 Å². The Kier molecular flexibility index (Phi) is 3.85. The van der Waals surface area contributed by atoms with E-state index in [1.54, 1.807) is 0 Å². The van der Waals surface area contributed by atoms with Gasteiger partial charge in [0.05, 0.1) is 18.8 Å². The van der Waals surface area contributed by atoms with Crippen LogP contribution in [-0.2, 0) is 5.60 Å². The summed E-state index contributed by atoms with van der Waals surface area (Å²) in [5, 5.41) is 10.9. The monoisotopic (exact) mass is 277 g/mol. The van der Waals surface area contributed by atoms with E-state index in [4.69, 9.17) is 9.47 Å². The van der Waals surface area contributed by atoms with Crippen molar-refractivity contribution in [2.75, 3.05) is 32.8 Å². The van der Waals surface area contributed by atoms with Crippen molar-refractivity contribution in [1.29, 1.82) is 0 Å². The van der Waals surface area contributed by atoms with Crippen LogP contribution in [0.2, 0.25) is 0 Å². The second-order valence-corrected chi connectivity index (χ2v) is 5.68. The second kappa shape index (κ2) is 5.62. The number of nitrogens with zero attached hydrogens (tertiary/aromatic N) is 1. The molecular weight excluding hydrogens is 254 g/mol. The molecule has 1 aromatic rings. The number of aliphatic hydroxyl groups is 1. The highest BCUT2D eigenvalue weighted by atomic mass is 16.5. The van der Waals surface area contributed by atoms with Gasteiger partial charge in [0.15, 0.2) is 11.5 Å². The Hall–Kier alpha value is -1.26. The van der Waals surface area contributed by atoms with Gasteiger partial charge in [-0.05, 0) is 37.1 Å². The molecule has 0 radical (unpaired) electrons. The van der Waals surface area contributed by atoms with Crippen LogP contribution in [0.25, 0.3) is 0 Å². The second-order valence-electron chi connectivity index (χ2n) is 5.68. The summed E-state index contributed by atoms with van der Waals surface area (Å²) in [6, 6.07) is 5.87. The minimum absolute atomic E-state index is 0.679. The van der Waals surface area contributed by atoms with E-state index in [0.717, 1.165) is 56.0 Å². The molecule has 3 rings (SSSR count). The zero-order valence-electron chi connectivity index (χ0n) is 12.1. The highest BCUT2D eigenvalue weighted by Crippen LogP contribution is 2.38. The van der Waals surface area contributed by atoms with Gasteiger partial charge >= 0.3 is 0 Å². The number of piperidine rings is 1. The van der Waals surface area contributed by atoms with Crippen molar-refractivity contribution in [2.45, 2.75) is 31.8 Å². The van der Waals surface area contributed by atoms with Crippen LogP contribution in [-0.4, -0.2) is 42.9 Å². The van der Waals surface area contributed by atoms with Crippen LogP contribution in [0, 0.1) is 0 Å². The van der Waals surface area contributed by atoms with Crippen LogP contribution >= 0.6 is 0 Å². The van der Waals surface area contributed by atoms with Crippen LogP contribution < -0.4 is 9.47 Å². The summed E-state index contributed by atoms with van der Waals surface area (Å²) in [5.74, 6) is 1.56. The number of likely N-dealkylation sites (tertiary alicyclic amines) is 1. The first-order chi connectivity index (χ1) is 9.71. The number of benzene rings is 1. The summed E-state index contributed by atoms with van der Waals surface area (Å²) in [6.45, 7) is 6.48. The van der Waals surface area contributed by atoms with Gasteiger partial charge in [0.25, 0.3) is 0 Å². The fraction of sp³-hybridized carbons (Fsp3) is 0.625. The minimum atomic E-state index is -0.726. The third-order valence-corrected chi connectivity index (χ3v) is 4.42. The van der Waals surface area contributed by atoms with Crippen molar-refractivity contribution in [1.82, 2.24) is 4.90 Å². The summed E-state index contributed by atoms with van der Waals surface area (Å²) >= 11 is 0. The summed E-state index contributed by atoms with van der Waals surface area (Å²) in [6.07, 6.45) is 2.46. The standard InChI is InChI=1S/C16H23NO3/c1-2-17-8-6-16(18,7-9-17)13-4-5-14-15(12-13)20-11-3-10-19-14/h4-5,12,18H,2-3,6-11H2,1H3. The molecule has 1 fully saturated rings. The molecule has 0 aromatic heterocycles. The fourth-order valence-corrected chi connectivity index (χ4v) is 2.98. The Labute approximate surface area is 120 Å². The first-order valence-corrected chi connectivity index (χ1v) is 7.56. The molecule has 0 saturated carbocycles. The average molecular weight is 277 g/mol. The lowest BCUT2D eigenvalue weighted by molar-refractivity contribution is -0.0248. The molecule has 1 saturated heterocycles. The van der Waals surface area contributed by atoms with E-state index in [0.29, 0.717) is 13.2 Å². The van der Waals surface area contributed by atoms with Gasteiger partial charge in [-0.1, -0.05) is 13.0 Å². The Morgan fingerprint density at radius 3 is 2.55 bits per heavy atom. The van der Waals surface area contributed by atoms with Crippen molar-refractivity contribution in [3.05, 3.63) is 23.8 Å². The third-order valence-electron chi connectivity index (χ3n) is 4.42. The predicted molar refractivity (Wildman–Crippen MR) is 77.3 cm³/mol. The summed E-state index contributed by atoms with van der Waals surface area (Å²) in [5.41, 5.74) is 0.230. The molecule has 110 valence electrons. The molecule has 2 heterocycles. The van der Waals surface area contributed by atoms with Crippen molar-refractivity contribution in [2.24, 2.45) is 0 Å². The maximum atomic E-state index is 10.9. The molecule has 1 aromatic carbocycles. The highest BCUT2D eigenvalue weighted by molar-refractivity contribution is 5.45. The zero-order chi connectivity index (χ0) is 14.0. The molecule has 2 aliphatic heterocycles. The first kappa shape index (κ1) is 13.7. The van der Waals surface area contributed by atoms with E-state index in [1.807, 2.05) is 18.2 Å². The van der Waals surface area contributed by atoms with Crippen LogP contribution in [0.4, 0.5) is 0 Å². The van der Waals surface area contributed by atoms with Gasteiger partial charge in [-0.3, -0.25) is 0 Å². The quantitative estimate of drug-likeness (QED) is 0.899. The van der Waals surface area contributed by atoms with Gasteiger partial charge in [0.1, 0.15) is 0 Å². The smallest absolute Gasteiger partial charge is 0.161 e. The Morgan fingerprint density at radius 2 is 1.85 bits per heavy atom. The largest absolute Gasteiger partial charge is 0.490 e. The van der Waals surface area contributed by atoms with E-state index in [1.165, 1.54) is 0 Å². The third kappa shape index (κ3) is 2.63. The molecule has 2 aliphatic rings. The maximum absolute atomic E-state index is 10.9. The van der Waals surface area contributed by atoms with Gasteiger partial charge in [-0.2, -0.15) is 0 Å². The number of hydrogen-bond acceptors (Lipinski definition) is 4. The number of ether oxygens (including phenoxy) is 2. The van der Waals surface area contributed by atoms with Gasteiger partial charge in [0, 0.05) is 19.5 Å². The SMILES string of the molecule is CCN1CCC(O)(c2ccc3c(c2)OCCCO3)CC1. The number of hydrogen-bond donors (Lipinski definition) is 1. The van der Waals surface area contributed by atoms with Crippen molar-refractivity contribution >= 4 is 0 Å². The predicted octanol–water partition coefficient (Wildman–Crippen LogP) is 2.15. The average Bonchev–Trinajstić information content (AvgIpc) is 2.72. The van der Waals surface area contributed by atoms with Gasteiger partial charge < -0.3 is 19.5 Å². The normalized spacial score (nSPS) is 22.3. The number of rotatable bonds is 2. The lowest BCUT2D eigenvalue weighted by Crippen LogP contribution is -2.42. The molecule has 1 N–H and O–H groups in total. The molecule has 0 atom stereocenters. The molecular formula is C16H23NO3. The molecule has 4 heteroatoms. The number of fused-ring (bicyclic) bond motifs is 1. The van der Waals surface area contributed by atoms with Gasteiger partial charge in [-0.25, -0.2) is 0 Å². The van der Waals surface area contributed by atoms with Gasteiger partial charge in [-0.15, -0.1) is 0 Å². The molecule has 20 heavy (non-hydrogen) atoms. The lowest BCUT2D eigenvalue weighted by atomic mass is 9.84. The van der Waals surface area contributed by atoms with Crippen molar-refractivity contribution in [3.63, 3.8) is 0 Å². The fourth-order valence-electron chi connectivity index (χ4n) is 2.98. The molecule has 0 aliphatic carbocycles. The molecule has 0 unspecified atom stereocenters. The molecule has 4 nitrogen and oxygen atoms in total. The Balaban J connectivity index is 1.81. The Morgan fingerprint density at radius 1 is 1.15 bits per heavy atom. The first-order valence-electron chi connectivity index (χ1n) is 7.56.